The van der Waals surface area contributed by atoms with E-state index in [9.17, 15) is 38.5 Å². The molecule has 0 saturated heterocycles. The molecule has 0 aliphatic carbocycles. The van der Waals surface area contributed by atoms with Crippen LogP contribution in [0.2, 0.25) is 0 Å². The van der Waals surface area contributed by atoms with Gasteiger partial charge in [-0.2, -0.15) is 0 Å². The van der Waals surface area contributed by atoms with Crippen LogP contribution in [-0.2, 0) is 39.0 Å². The quantitative estimate of drug-likeness (QED) is 0.104. The van der Waals surface area contributed by atoms with E-state index in [1.807, 2.05) is 52.1 Å². The molecule has 1 unspecified atom stereocenters. The lowest BCUT2D eigenvalue weighted by atomic mass is 9.81. The van der Waals surface area contributed by atoms with Gasteiger partial charge < -0.3 is 26.2 Å². The third kappa shape index (κ3) is 11.2. The number of imide groups is 1. The Morgan fingerprint density at radius 2 is 1.65 bits per heavy atom. The average Bonchev–Trinajstić information content (AvgIpc) is 3.70. The fourth-order valence-corrected chi connectivity index (χ4v) is 5.96. The fraction of sp³-hybridized carbons (Fsp3) is 0.545. The van der Waals surface area contributed by atoms with Crippen molar-refractivity contribution in [2.45, 2.75) is 77.9 Å². The fourth-order valence-electron chi connectivity index (χ4n) is 5.07. The largest absolute Gasteiger partial charge is 0.354 e. The number of amides is 7. The molecule has 7 amide bonds. The SMILES string of the molecule is CN[C@H](C(=O)NC(C(=O)N(C)C/C=C(\C)C(=O)N[C@H](CCC(=O)NCCN1C(=O)C=CC1=O)C(=O)N=O)C(C)(C)C)C(C)(C)c1cccs1. The summed E-state index contributed by atoms with van der Waals surface area (Å²) in [6.07, 6.45) is 3.22. The molecule has 0 radical (unpaired) electrons. The van der Waals surface area contributed by atoms with Crippen LogP contribution < -0.4 is 21.3 Å². The topological polar surface area (TPSA) is 204 Å². The van der Waals surface area contributed by atoms with Crippen LogP contribution in [-0.4, -0.2) is 103 Å². The van der Waals surface area contributed by atoms with Gasteiger partial charge in [0.15, 0.2) is 0 Å². The molecule has 268 valence electrons. The highest BCUT2D eigenvalue weighted by Gasteiger charge is 2.41. The molecule has 3 atom stereocenters. The molecule has 16 heteroatoms. The van der Waals surface area contributed by atoms with Crippen molar-refractivity contribution in [2.24, 2.45) is 10.6 Å². The van der Waals surface area contributed by atoms with Crippen LogP contribution in [0.15, 0.2) is 46.5 Å². The highest BCUT2D eigenvalue weighted by molar-refractivity contribution is 7.10. The Hall–Kier alpha value is -4.57. The van der Waals surface area contributed by atoms with Gasteiger partial charge in [0, 0.05) is 66.3 Å². The second-order valence-electron chi connectivity index (χ2n) is 13.3. The van der Waals surface area contributed by atoms with Crippen molar-refractivity contribution in [3.63, 3.8) is 0 Å². The van der Waals surface area contributed by atoms with Gasteiger partial charge in [-0.25, -0.2) is 0 Å². The number of nitrogens with one attached hydrogen (secondary N) is 4. The van der Waals surface area contributed by atoms with Gasteiger partial charge in [0.1, 0.15) is 12.1 Å². The molecule has 1 aliphatic rings. The number of nitrogens with zero attached hydrogens (tertiary/aromatic N) is 3. The van der Waals surface area contributed by atoms with Gasteiger partial charge in [0.05, 0.1) is 6.04 Å². The zero-order valence-corrected chi connectivity index (χ0v) is 30.1. The van der Waals surface area contributed by atoms with E-state index in [1.54, 1.807) is 18.4 Å². The van der Waals surface area contributed by atoms with E-state index in [2.05, 4.69) is 26.4 Å². The van der Waals surface area contributed by atoms with Crippen LogP contribution in [0, 0.1) is 10.3 Å². The first-order chi connectivity index (χ1) is 22.8. The van der Waals surface area contributed by atoms with E-state index in [0.717, 1.165) is 21.9 Å². The molecule has 4 N–H and O–H groups in total. The highest BCUT2D eigenvalue weighted by atomic mass is 32.1. The Bertz CT molecular complexity index is 1460. The van der Waals surface area contributed by atoms with E-state index in [1.165, 1.54) is 24.9 Å². The molecular formula is C33H47N7O8S. The van der Waals surface area contributed by atoms with Crippen molar-refractivity contribution in [2.75, 3.05) is 33.7 Å². The molecule has 0 bridgehead atoms. The first-order valence-electron chi connectivity index (χ1n) is 15.8. The predicted octanol–water partition coefficient (Wildman–Crippen LogP) is 1.15. The standard InChI is InChI=1S/C33H47N7O8S/c1-20(28(44)36-21(29(45)38-48)11-12-23(41)35-16-18-40-24(42)13-14-25(40)43)15-17-39(8)31(47)27(32(2,3)4)37-30(46)26(34-7)33(5,6)22-10-9-19-49-22/h9-10,13-15,19,21,26-27,34H,11-12,16-18H2,1-8H3,(H,35,41)(H,36,44)(H,37,46)/b20-15+/t21-,26-,27?/m1/s1. The zero-order valence-electron chi connectivity index (χ0n) is 29.2. The number of hydrogen-bond donors (Lipinski definition) is 4. The summed E-state index contributed by atoms with van der Waals surface area (Å²) in [6, 6.07) is 0.960. The summed E-state index contributed by atoms with van der Waals surface area (Å²) < 4.78 is 0. The van der Waals surface area contributed by atoms with Crippen molar-refractivity contribution in [3.05, 3.63) is 51.1 Å². The normalized spacial score (nSPS) is 15.3. The first kappa shape index (κ1) is 40.6. The molecule has 2 heterocycles. The maximum Gasteiger partial charge on any atom is 0.308 e. The third-order valence-corrected chi connectivity index (χ3v) is 9.36. The Kier molecular flexibility index (Phi) is 14.7. The van der Waals surface area contributed by atoms with Crippen LogP contribution in [0.25, 0.3) is 0 Å². The first-order valence-corrected chi connectivity index (χ1v) is 16.6. The lowest BCUT2D eigenvalue weighted by molar-refractivity contribution is -0.139. The van der Waals surface area contributed by atoms with E-state index >= 15 is 0 Å². The van der Waals surface area contributed by atoms with Crippen molar-refractivity contribution in [3.8, 4) is 0 Å². The van der Waals surface area contributed by atoms with Crippen LogP contribution in [0.4, 0.5) is 0 Å². The van der Waals surface area contributed by atoms with Crippen molar-refractivity contribution >= 4 is 52.7 Å². The summed E-state index contributed by atoms with van der Waals surface area (Å²) in [6.45, 7) is 10.8. The number of nitroso groups, excluding NO2 is 1. The van der Waals surface area contributed by atoms with Gasteiger partial charge in [-0.3, -0.25) is 38.5 Å². The molecule has 2 rings (SSSR count). The summed E-state index contributed by atoms with van der Waals surface area (Å²) in [5, 5.41) is 15.3. The average molecular weight is 702 g/mol. The number of likely N-dealkylation sites (N-methyl/N-ethyl adjacent to an activating group) is 2. The predicted molar refractivity (Wildman–Crippen MR) is 184 cm³/mol. The Balaban J connectivity index is 2.00. The molecule has 15 nitrogen and oxygen atoms in total. The number of carbonyl (C=O) groups excluding carboxylic acids is 7. The summed E-state index contributed by atoms with van der Waals surface area (Å²) in [7, 11) is 3.23. The van der Waals surface area contributed by atoms with E-state index in [0.29, 0.717) is 0 Å². The zero-order chi connectivity index (χ0) is 37.1. The summed E-state index contributed by atoms with van der Waals surface area (Å²) in [5.74, 6) is -4.12. The highest BCUT2D eigenvalue weighted by Crippen LogP contribution is 2.31. The van der Waals surface area contributed by atoms with Crippen LogP contribution in [0.3, 0.4) is 0 Å². The second-order valence-corrected chi connectivity index (χ2v) is 14.3. The molecule has 0 spiro atoms. The van der Waals surface area contributed by atoms with Gasteiger partial charge in [-0.05, 0) is 37.3 Å². The smallest absolute Gasteiger partial charge is 0.308 e. The second kappa shape index (κ2) is 17.7. The van der Waals surface area contributed by atoms with Crippen LogP contribution in [0.1, 0.15) is 59.3 Å². The number of carbonyl (C=O) groups is 7. The lowest BCUT2D eigenvalue weighted by Crippen LogP contribution is -2.60. The molecule has 0 fully saturated rings. The van der Waals surface area contributed by atoms with E-state index in [4.69, 9.17) is 0 Å². The minimum Gasteiger partial charge on any atom is -0.354 e. The summed E-state index contributed by atoms with van der Waals surface area (Å²) in [5.41, 5.74) is -1.09. The minimum absolute atomic E-state index is 0.0127. The molecule has 1 aromatic heterocycles. The summed E-state index contributed by atoms with van der Waals surface area (Å²) in [4.78, 5) is 102. The van der Waals surface area contributed by atoms with Crippen LogP contribution >= 0.6 is 11.3 Å². The maximum atomic E-state index is 13.6. The number of hydrogen-bond acceptors (Lipinski definition) is 10. The third-order valence-electron chi connectivity index (χ3n) is 8.15. The van der Waals surface area contributed by atoms with Gasteiger partial charge in [0.2, 0.25) is 23.6 Å². The molecule has 0 saturated carbocycles. The lowest BCUT2D eigenvalue weighted by Gasteiger charge is -2.37. The molecular weight excluding hydrogens is 654 g/mol. The van der Waals surface area contributed by atoms with Crippen molar-refractivity contribution < 1.29 is 33.6 Å². The summed E-state index contributed by atoms with van der Waals surface area (Å²) >= 11 is 1.54. The van der Waals surface area contributed by atoms with Crippen LogP contribution in [0.5, 0.6) is 0 Å². The van der Waals surface area contributed by atoms with Gasteiger partial charge in [-0.1, -0.05) is 46.8 Å². The Morgan fingerprint density at radius 3 is 2.18 bits per heavy atom. The number of rotatable bonds is 17. The maximum absolute atomic E-state index is 13.6. The molecule has 1 aliphatic heterocycles. The Morgan fingerprint density at radius 1 is 1.02 bits per heavy atom. The Labute approximate surface area is 290 Å². The molecule has 0 aromatic carbocycles. The monoisotopic (exact) mass is 701 g/mol. The van der Waals surface area contributed by atoms with Gasteiger partial charge in [0.25, 0.3) is 11.8 Å². The van der Waals surface area contributed by atoms with Crippen molar-refractivity contribution in [1.82, 2.24) is 31.1 Å². The molecule has 49 heavy (non-hydrogen) atoms. The van der Waals surface area contributed by atoms with E-state index < -0.39 is 58.5 Å². The van der Waals surface area contributed by atoms with Gasteiger partial charge in [-0.15, -0.1) is 16.2 Å². The van der Waals surface area contributed by atoms with Gasteiger partial charge >= 0.3 is 5.91 Å². The minimum atomic E-state index is -1.39. The molecule has 1 aromatic rings. The van der Waals surface area contributed by atoms with E-state index in [-0.39, 0.29) is 49.9 Å². The van der Waals surface area contributed by atoms with Crippen molar-refractivity contribution in [1.29, 1.82) is 0 Å². The number of thiophene rings is 1.